The molecule has 22 heavy (non-hydrogen) atoms. The van der Waals surface area contributed by atoms with Crippen molar-refractivity contribution in [2.75, 3.05) is 0 Å². The van der Waals surface area contributed by atoms with Gasteiger partial charge in [-0.3, -0.25) is 0 Å². The molecular formula is C13H13F6NOS. The lowest BCUT2D eigenvalue weighted by Crippen LogP contribution is -2.19. The largest absolute Gasteiger partial charge is 0.416 e. The van der Waals surface area contributed by atoms with Crippen LogP contribution >= 0.6 is 0 Å². The summed E-state index contributed by atoms with van der Waals surface area (Å²) in [5.41, 5.74) is -3.30. The Morgan fingerprint density at radius 3 is 1.64 bits per heavy atom. The van der Waals surface area contributed by atoms with Crippen LogP contribution in [0, 0.1) is 0 Å². The third kappa shape index (κ3) is 5.11. The van der Waals surface area contributed by atoms with Gasteiger partial charge in [-0.25, -0.2) is 4.21 Å². The lowest BCUT2D eigenvalue weighted by atomic mass is 10.1. The molecule has 0 radical (unpaired) electrons. The first-order valence-electron chi connectivity index (χ1n) is 5.97. The van der Waals surface area contributed by atoms with Gasteiger partial charge in [0.1, 0.15) is 11.0 Å². The SMILES string of the molecule is CC(C)(C)S(=O)/N=C/c1cc(C(F)(F)F)cc(C(F)(F)F)c1. The fraction of sp³-hybridized carbons (Fsp3) is 0.462. The van der Waals surface area contributed by atoms with Crippen molar-refractivity contribution in [3.05, 3.63) is 34.9 Å². The second-order valence-electron chi connectivity index (χ2n) is 5.44. The molecule has 0 aliphatic rings. The highest BCUT2D eigenvalue weighted by atomic mass is 32.2. The van der Waals surface area contributed by atoms with E-state index in [1.165, 1.54) is 0 Å². The van der Waals surface area contributed by atoms with Crippen molar-refractivity contribution >= 4 is 17.2 Å². The number of halogens is 6. The maximum atomic E-state index is 12.7. The lowest BCUT2D eigenvalue weighted by molar-refractivity contribution is -0.143. The van der Waals surface area contributed by atoms with E-state index < -0.39 is 44.8 Å². The van der Waals surface area contributed by atoms with Crippen LogP contribution in [0.1, 0.15) is 37.5 Å². The predicted octanol–water partition coefficient (Wildman–Crippen LogP) is 4.61. The first kappa shape index (κ1) is 18.7. The Morgan fingerprint density at radius 1 is 0.909 bits per heavy atom. The van der Waals surface area contributed by atoms with E-state index in [1.807, 2.05) is 0 Å². The molecule has 2 nitrogen and oxygen atoms in total. The van der Waals surface area contributed by atoms with Crippen molar-refractivity contribution in [3.8, 4) is 0 Å². The summed E-state index contributed by atoms with van der Waals surface area (Å²) in [6.45, 7) is 4.73. The molecular weight excluding hydrogens is 332 g/mol. The summed E-state index contributed by atoms with van der Waals surface area (Å²) in [4.78, 5) is 0. The fourth-order valence-electron chi connectivity index (χ4n) is 1.32. The number of nitrogens with zero attached hydrogens (tertiary/aromatic N) is 1. The standard InChI is InChI=1S/C13H13F6NOS/c1-11(2,3)22(21)20-7-8-4-9(12(14,15)16)6-10(5-8)13(17,18)19/h4-7H,1-3H3/b20-7+. The minimum atomic E-state index is -4.92. The van der Waals surface area contributed by atoms with Crippen molar-refractivity contribution in [1.29, 1.82) is 0 Å². The van der Waals surface area contributed by atoms with Crippen LogP contribution in [0.5, 0.6) is 0 Å². The van der Waals surface area contributed by atoms with Gasteiger partial charge < -0.3 is 0 Å². The average molecular weight is 345 g/mol. The zero-order valence-electron chi connectivity index (χ0n) is 11.8. The molecule has 0 aromatic heterocycles. The van der Waals surface area contributed by atoms with Gasteiger partial charge in [0.05, 0.1) is 15.9 Å². The summed E-state index contributed by atoms with van der Waals surface area (Å²) in [6, 6.07) is 1.08. The normalized spacial score (nSPS) is 15.3. The van der Waals surface area contributed by atoms with E-state index in [2.05, 4.69) is 4.40 Å². The number of benzene rings is 1. The number of hydrogen-bond acceptors (Lipinski definition) is 1. The van der Waals surface area contributed by atoms with Crippen LogP contribution in [0.25, 0.3) is 0 Å². The molecule has 0 spiro atoms. The van der Waals surface area contributed by atoms with Crippen LogP contribution < -0.4 is 0 Å². The Labute approximate surface area is 125 Å². The van der Waals surface area contributed by atoms with Gasteiger partial charge in [-0.2, -0.15) is 30.7 Å². The molecule has 0 saturated carbocycles. The van der Waals surface area contributed by atoms with Crippen molar-refractivity contribution in [2.24, 2.45) is 4.40 Å². The second kappa shape index (κ2) is 6.02. The molecule has 0 saturated heterocycles. The molecule has 1 aromatic carbocycles. The first-order valence-corrected chi connectivity index (χ1v) is 7.07. The highest BCUT2D eigenvalue weighted by Gasteiger charge is 2.36. The Kier molecular flexibility index (Phi) is 5.11. The Morgan fingerprint density at radius 2 is 1.32 bits per heavy atom. The van der Waals surface area contributed by atoms with Crippen LogP contribution in [0.4, 0.5) is 26.3 Å². The van der Waals surface area contributed by atoms with Crippen molar-refractivity contribution in [1.82, 2.24) is 0 Å². The Bertz CT molecular complexity index is 566. The van der Waals surface area contributed by atoms with Gasteiger partial charge in [0.2, 0.25) is 0 Å². The summed E-state index contributed by atoms with van der Waals surface area (Å²) < 4.78 is 90.3. The van der Waals surface area contributed by atoms with Crippen molar-refractivity contribution in [2.45, 2.75) is 37.9 Å². The van der Waals surface area contributed by atoms with E-state index >= 15 is 0 Å². The fourth-order valence-corrected chi connectivity index (χ4v) is 1.85. The molecule has 1 unspecified atom stereocenters. The van der Waals surface area contributed by atoms with Crippen LogP contribution in [0.15, 0.2) is 22.6 Å². The van der Waals surface area contributed by atoms with E-state index in [4.69, 9.17) is 0 Å². The number of rotatable bonds is 2. The molecule has 0 aliphatic carbocycles. The van der Waals surface area contributed by atoms with Gasteiger partial charge in [0.25, 0.3) is 0 Å². The third-order valence-corrected chi connectivity index (χ3v) is 3.78. The Balaban J connectivity index is 3.31. The summed E-state index contributed by atoms with van der Waals surface area (Å²) in [7, 11) is -1.79. The van der Waals surface area contributed by atoms with E-state index in [1.54, 1.807) is 20.8 Å². The summed E-state index contributed by atoms with van der Waals surface area (Å²) in [5, 5.41) is 0. The molecule has 9 heteroatoms. The van der Waals surface area contributed by atoms with E-state index in [0.717, 1.165) is 6.21 Å². The molecule has 1 rings (SSSR count). The Hall–Kier alpha value is -1.38. The van der Waals surface area contributed by atoms with Gasteiger partial charge in [-0.1, -0.05) is 0 Å². The minimum absolute atomic E-state index is 0.0259. The second-order valence-corrected chi connectivity index (χ2v) is 7.37. The minimum Gasteiger partial charge on any atom is -0.234 e. The third-order valence-electron chi connectivity index (χ3n) is 2.43. The molecule has 0 amide bonds. The topological polar surface area (TPSA) is 29.4 Å². The van der Waals surface area contributed by atoms with E-state index in [9.17, 15) is 30.6 Å². The van der Waals surface area contributed by atoms with Crippen LogP contribution in [-0.4, -0.2) is 15.2 Å². The van der Waals surface area contributed by atoms with Crippen molar-refractivity contribution < 1.29 is 30.6 Å². The molecule has 0 fully saturated rings. The van der Waals surface area contributed by atoms with Gasteiger partial charge in [-0.05, 0) is 44.5 Å². The predicted molar refractivity (Wildman–Crippen MR) is 71.9 cm³/mol. The van der Waals surface area contributed by atoms with Crippen molar-refractivity contribution in [3.63, 3.8) is 0 Å². The van der Waals surface area contributed by atoms with Gasteiger partial charge in [0.15, 0.2) is 0 Å². The molecule has 1 atom stereocenters. The lowest BCUT2D eigenvalue weighted by Gasteiger charge is -2.14. The highest BCUT2D eigenvalue weighted by molar-refractivity contribution is 7.85. The van der Waals surface area contributed by atoms with E-state index in [-0.39, 0.29) is 6.07 Å². The summed E-state index contributed by atoms with van der Waals surface area (Å²) in [6.07, 6.45) is -9.09. The maximum absolute atomic E-state index is 12.7. The molecule has 0 bridgehead atoms. The molecule has 0 aliphatic heterocycles. The first-order chi connectivity index (χ1) is 9.71. The zero-order valence-corrected chi connectivity index (χ0v) is 12.7. The highest BCUT2D eigenvalue weighted by Crippen LogP contribution is 2.36. The average Bonchev–Trinajstić information content (AvgIpc) is 2.32. The van der Waals surface area contributed by atoms with Gasteiger partial charge in [-0.15, -0.1) is 0 Å². The summed E-state index contributed by atoms with van der Waals surface area (Å²) in [5.74, 6) is 0. The van der Waals surface area contributed by atoms with Crippen LogP contribution in [-0.2, 0) is 23.3 Å². The van der Waals surface area contributed by atoms with Crippen LogP contribution in [0.2, 0.25) is 0 Å². The molecule has 1 aromatic rings. The van der Waals surface area contributed by atoms with E-state index in [0.29, 0.717) is 12.1 Å². The molecule has 0 N–H and O–H groups in total. The molecule has 0 heterocycles. The van der Waals surface area contributed by atoms with Crippen LogP contribution in [0.3, 0.4) is 0 Å². The maximum Gasteiger partial charge on any atom is 0.416 e. The van der Waals surface area contributed by atoms with Gasteiger partial charge in [0, 0.05) is 6.21 Å². The van der Waals surface area contributed by atoms with Gasteiger partial charge >= 0.3 is 12.4 Å². The summed E-state index contributed by atoms with van der Waals surface area (Å²) >= 11 is 0. The molecule has 124 valence electrons. The number of hydrogen-bond donors (Lipinski definition) is 0. The monoisotopic (exact) mass is 345 g/mol. The zero-order chi connectivity index (χ0) is 17.3. The quantitative estimate of drug-likeness (QED) is 0.569. The smallest absolute Gasteiger partial charge is 0.234 e. The number of alkyl halides is 6.